The van der Waals surface area contributed by atoms with Gasteiger partial charge in [-0.3, -0.25) is 0 Å². The van der Waals surface area contributed by atoms with Crippen LogP contribution in [0.25, 0.3) is 0 Å². The molecule has 1 heterocycles. The van der Waals surface area contributed by atoms with Crippen molar-refractivity contribution in [1.29, 1.82) is 0 Å². The first-order valence-electron chi connectivity index (χ1n) is 6.84. The maximum Gasteiger partial charge on any atom is 0.0494 e. The van der Waals surface area contributed by atoms with Crippen LogP contribution in [0, 0.1) is 5.92 Å². The Hall–Kier alpha value is -0.250. The van der Waals surface area contributed by atoms with E-state index >= 15 is 0 Å². The molecule has 0 aliphatic carbocycles. The smallest absolute Gasteiger partial charge is 0.0494 e. The molecular formula is C15H22BrClN2. The average Bonchev–Trinajstić information content (AvgIpc) is 2.41. The largest absolute Gasteiger partial charge is 0.374 e. The highest BCUT2D eigenvalue weighted by molar-refractivity contribution is 9.10. The zero-order valence-electron chi connectivity index (χ0n) is 11.7. The molecule has 1 aromatic carbocycles. The Labute approximate surface area is 129 Å². The van der Waals surface area contributed by atoms with Gasteiger partial charge >= 0.3 is 0 Å². The van der Waals surface area contributed by atoms with Crippen LogP contribution in [0.1, 0.15) is 18.4 Å². The second kappa shape index (κ2) is 6.96. The number of piperidine rings is 1. The highest BCUT2D eigenvalue weighted by Gasteiger charge is 2.19. The fourth-order valence-electron chi connectivity index (χ4n) is 2.76. The van der Waals surface area contributed by atoms with Crippen LogP contribution in [0.2, 0.25) is 0 Å². The van der Waals surface area contributed by atoms with Gasteiger partial charge in [0.15, 0.2) is 0 Å². The minimum absolute atomic E-state index is 0.562. The minimum atomic E-state index is 0.562. The predicted octanol–water partition coefficient (Wildman–Crippen LogP) is 3.97. The van der Waals surface area contributed by atoms with Crippen LogP contribution in [0.3, 0.4) is 0 Å². The van der Waals surface area contributed by atoms with E-state index in [-0.39, 0.29) is 0 Å². The summed E-state index contributed by atoms with van der Waals surface area (Å²) in [7, 11) is 4.39. The number of rotatable bonds is 4. The van der Waals surface area contributed by atoms with Crippen molar-refractivity contribution < 1.29 is 0 Å². The number of likely N-dealkylation sites (tertiary alicyclic amines) is 1. The molecule has 0 aromatic heterocycles. The summed E-state index contributed by atoms with van der Waals surface area (Å²) in [6.45, 7) is 3.57. The van der Waals surface area contributed by atoms with Gasteiger partial charge < -0.3 is 9.80 Å². The molecule has 1 aromatic rings. The van der Waals surface area contributed by atoms with Gasteiger partial charge in [0.1, 0.15) is 0 Å². The van der Waals surface area contributed by atoms with Crippen molar-refractivity contribution in [2.24, 2.45) is 5.92 Å². The molecule has 0 N–H and O–H groups in total. The SMILES string of the molecule is CN1CCC(CN(C)c2ccc(Br)cc2CCl)CC1. The van der Waals surface area contributed by atoms with Gasteiger partial charge in [0.2, 0.25) is 0 Å². The van der Waals surface area contributed by atoms with Crippen molar-refractivity contribution in [3.8, 4) is 0 Å². The Morgan fingerprint density at radius 1 is 1.37 bits per heavy atom. The van der Waals surface area contributed by atoms with Gasteiger partial charge in [-0.2, -0.15) is 0 Å². The lowest BCUT2D eigenvalue weighted by molar-refractivity contribution is 0.222. The second-order valence-corrected chi connectivity index (χ2v) is 6.72. The second-order valence-electron chi connectivity index (χ2n) is 5.53. The van der Waals surface area contributed by atoms with E-state index < -0.39 is 0 Å². The van der Waals surface area contributed by atoms with Gasteiger partial charge in [-0.15, -0.1) is 11.6 Å². The first-order valence-corrected chi connectivity index (χ1v) is 8.17. The number of benzene rings is 1. The van der Waals surface area contributed by atoms with Crippen LogP contribution >= 0.6 is 27.5 Å². The van der Waals surface area contributed by atoms with Crippen molar-refractivity contribution in [3.05, 3.63) is 28.2 Å². The molecular weight excluding hydrogens is 324 g/mol. The molecule has 1 saturated heterocycles. The van der Waals surface area contributed by atoms with Crippen molar-refractivity contribution in [2.75, 3.05) is 38.6 Å². The Balaban J connectivity index is 2.01. The van der Waals surface area contributed by atoms with Crippen molar-refractivity contribution >= 4 is 33.2 Å². The van der Waals surface area contributed by atoms with Crippen molar-refractivity contribution in [2.45, 2.75) is 18.7 Å². The molecule has 2 nitrogen and oxygen atoms in total. The monoisotopic (exact) mass is 344 g/mol. The molecule has 0 bridgehead atoms. The van der Waals surface area contributed by atoms with E-state index in [1.807, 2.05) is 0 Å². The maximum atomic E-state index is 6.06. The van der Waals surface area contributed by atoms with Crippen molar-refractivity contribution in [3.63, 3.8) is 0 Å². The maximum absolute atomic E-state index is 6.06. The molecule has 0 saturated carbocycles. The molecule has 2 rings (SSSR count). The minimum Gasteiger partial charge on any atom is -0.374 e. The third-order valence-corrected chi connectivity index (χ3v) is 4.75. The number of alkyl halides is 1. The topological polar surface area (TPSA) is 6.48 Å². The number of hydrogen-bond acceptors (Lipinski definition) is 2. The zero-order chi connectivity index (χ0) is 13.8. The lowest BCUT2D eigenvalue weighted by Crippen LogP contribution is -2.35. The number of anilines is 1. The Morgan fingerprint density at radius 3 is 2.68 bits per heavy atom. The highest BCUT2D eigenvalue weighted by Crippen LogP contribution is 2.27. The lowest BCUT2D eigenvalue weighted by atomic mass is 9.96. The van der Waals surface area contributed by atoms with E-state index in [4.69, 9.17) is 11.6 Å². The number of hydrogen-bond donors (Lipinski definition) is 0. The van der Waals surface area contributed by atoms with Crippen LogP contribution < -0.4 is 4.90 Å². The Kier molecular flexibility index (Phi) is 5.55. The summed E-state index contributed by atoms with van der Waals surface area (Å²) in [5.74, 6) is 1.36. The molecule has 0 spiro atoms. The van der Waals surface area contributed by atoms with Gasteiger partial charge in [0.05, 0.1) is 0 Å². The first-order chi connectivity index (χ1) is 9.10. The molecule has 0 unspecified atom stereocenters. The van der Waals surface area contributed by atoms with Crippen LogP contribution in [0.5, 0.6) is 0 Å². The van der Waals surface area contributed by atoms with Crippen molar-refractivity contribution in [1.82, 2.24) is 4.90 Å². The van der Waals surface area contributed by atoms with E-state index in [0.29, 0.717) is 5.88 Å². The quantitative estimate of drug-likeness (QED) is 0.762. The fourth-order valence-corrected chi connectivity index (χ4v) is 3.39. The molecule has 1 aliphatic heterocycles. The number of nitrogens with zero attached hydrogens (tertiary/aromatic N) is 2. The first kappa shape index (κ1) is 15.1. The van der Waals surface area contributed by atoms with Gasteiger partial charge in [-0.1, -0.05) is 15.9 Å². The highest BCUT2D eigenvalue weighted by atomic mass is 79.9. The molecule has 106 valence electrons. The summed E-state index contributed by atoms with van der Waals surface area (Å²) in [4.78, 5) is 4.78. The van der Waals surface area contributed by atoms with Gasteiger partial charge in [0.25, 0.3) is 0 Å². The summed E-state index contributed by atoms with van der Waals surface area (Å²) in [6, 6.07) is 6.38. The third kappa shape index (κ3) is 4.11. The van der Waals surface area contributed by atoms with Gasteiger partial charge in [-0.25, -0.2) is 0 Å². The molecule has 1 fully saturated rings. The summed E-state index contributed by atoms with van der Waals surface area (Å²) in [5.41, 5.74) is 2.46. The van der Waals surface area contributed by atoms with Gasteiger partial charge in [-0.05, 0) is 62.7 Å². The lowest BCUT2D eigenvalue weighted by Gasteiger charge is -2.33. The van der Waals surface area contributed by atoms with Gasteiger partial charge in [0, 0.05) is 29.6 Å². The normalized spacial score (nSPS) is 17.7. The van der Waals surface area contributed by atoms with Crippen LogP contribution in [-0.4, -0.2) is 38.6 Å². The molecule has 19 heavy (non-hydrogen) atoms. The van der Waals surface area contributed by atoms with E-state index in [1.54, 1.807) is 0 Å². The third-order valence-electron chi connectivity index (χ3n) is 3.97. The number of halogens is 2. The Morgan fingerprint density at radius 2 is 2.05 bits per heavy atom. The molecule has 4 heteroatoms. The fraction of sp³-hybridized carbons (Fsp3) is 0.600. The summed E-state index contributed by atoms with van der Waals surface area (Å²) in [5, 5.41) is 0. The summed E-state index contributed by atoms with van der Waals surface area (Å²) >= 11 is 9.56. The summed E-state index contributed by atoms with van der Waals surface area (Å²) < 4.78 is 1.10. The van der Waals surface area contributed by atoms with E-state index in [1.165, 1.54) is 37.2 Å². The average molecular weight is 346 g/mol. The zero-order valence-corrected chi connectivity index (χ0v) is 14.0. The molecule has 0 atom stereocenters. The van der Waals surface area contributed by atoms with Crippen LogP contribution in [0.4, 0.5) is 5.69 Å². The summed E-state index contributed by atoms with van der Waals surface area (Å²) in [6.07, 6.45) is 2.60. The standard InChI is InChI=1S/C15H22BrClN2/c1-18-7-5-12(6-8-18)11-19(2)15-4-3-14(16)9-13(15)10-17/h3-4,9,12H,5-8,10-11H2,1-2H3. The Bertz CT molecular complexity index is 417. The molecule has 0 radical (unpaired) electrons. The van der Waals surface area contributed by atoms with Crippen LogP contribution in [-0.2, 0) is 5.88 Å². The van der Waals surface area contributed by atoms with E-state index in [9.17, 15) is 0 Å². The van der Waals surface area contributed by atoms with E-state index in [2.05, 4.69) is 58.0 Å². The molecule has 0 amide bonds. The van der Waals surface area contributed by atoms with E-state index in [0.717, 1.165) is 16.9 Å². The predicted molar refractivity (Wildman–Crippen MR) is 87.2 cm³/mol. The van der Waals surface area contributed by atoms with Crippen LogP contribution in [0.15, 0.2) is 22.7 Å². The molecule has 1 aliphatic rings.